The maximum Gasteiger partial charge on any atom is 0.259 e. The van der Waals surface area contributed by atoms with Gasteiger partial charge in [-0.05, 0) is 61.9 Å². The van der Waals surface area contributed by atoms with Crippen LogP contribution in [0, 0.1) is 13.8 Å². The van der Waals surface area contributed by atoms with Crippen LogP contribution in [0.1, 0.15) is 44.3 Å². The van der Waals surface area contributed by atoms with E-state index in [4.69, 9.17) is 0 Å². The number of piperazine rings is 1. The highest BCUT2D eigenvalue weighted by molar-refractivity contribution is 7.85. The first-order valence-electron chi connectivity index (χ1n) is 12.4. The Balaban J connectivity index is 1.58. The van der Waals surface area contributed by atoms with E-state index in [-0.39, 0.29) is 11.8 Å². The Morgan fingerprint density at radius 1 is 0.917 bits per heavy atom. The van der Waals surface area contributed by atoms with Crippen molar-refractivity contribution in [2.24, 2.45) is 0 Å². The summed E-state index contributed by atoms with van der Waals surface area (Å²) in [7, 11) is -1.54. The Morgan fingerprint density at radius 3 is 2.42 bits per heavy atom. The van der Waals surface area contributed by atoms with Crippen LogP contribution >= 0.6 is 0 Å². The molecule has 2 heterocycles. The largest absolute Gasteiger partial charge is 0.336 e. The Labute approximate surface area is 215 Å². The summed E-state index contributed by atoms with van der Waals surface area (Å²) >= 11 is 0. The summed E-state index contributed by atoms with van der Waals surface area (Å²) in [5.41, 5.74) is 4.69. The van der Waals surface area contributed by atoms with Crippen molar-refractivity contribution < 1.29 is 13.8 Å². The van der Waals surface area contributed by atoms with Gasteiger partial charge in [0, 0.05) is 31.7 Å². The van der Waals surface area contributed by atoms with Gasteiger partial charge in [-0.2, -0.15) is 0 Å². The summed E-state index contributed by atoms with van der Waals surface area (Å²) in [6.07, 6.45) is 0. The normalized spacial score (nSPS) is 18.0. The molecule has 2 amide bonds. The number of benzene rings is 3. The van der Waals surface area contributed by atoms with E-state index >= 15 is 0 Å². The molecule has 1 atom stereocenters. The summed E-state index contributed by atoms with van der Waals surface area (Å²) in [5, 5.41) is 0. The molecular formula is C29H31N3O3S. The van der Waals surface area contributed by atoms with Gasteiger partial charge in [-0.3, -0.25) is 9.59 Å². The van der Waals surface area contributed by atoms with Crippen molar-refractivity contribution >= 4 is 28.3 Å². The Morgan fingerprint density at radius 2 is 1.67 bits per heavy atom. The molecule has 3 aromatic carbocycles. The van der Waals surface area contributed by atoms with Crippen LogP contribution in [0.5, 0.6) is 0 Å². The molecule has 2 aliphatic heterocycles. The minimum absolute atomic E-state index is 0.0553. The Hall–Kier alpha value is -3.29. The maximum absolute atomic E-state index is 13.9. The number of aryl methyl sites for hydroxylation is 2. The molecular weight excluding hydrogens is 470 g/mol. The van der Waals surface area contributed by atoms with Crippen molar-refractivity contribution in [3.63, 3.8) is 0 Å². The smallest absolute Gasteiger partial charge is 0.259 e. The molecule has 36 heavy (non-hydrogen) atoms. The van der Waals surface area contributed by atoms with Crippen LogP contribution in [0.15, 0.2) is 70.5 Å². The molecule has 0 N–H and O–H groups in total. The van der Waals surface area contributed by atoms with Crippen molar-refractivity contribution in [1.29, 1.82) is 0 Å². The van der Waals surface area contributed by atoms with E-state index in [1.54, 1.807) is 47.4 Å². The third-order valence-electron chi connectivity index (χ3n) is 7.20. The van der Waals surface area contributed by atoms with Crippen molar-refractivity contribution in [2.45, 2.75) is 37.1 Å². The predicted octanol–water partition coefficient (Wildman–Crippen LogP) is 4.41. The summed E-state index contributed by atoms with van der Waals surface area (Å²) in [5.74, 6) is -0.264. The van der Waals surface area contributed by atoms with Crippen LogP contribution < -0.4 is 4.90 Å². The number of hydrogen-bond acceptors (Lipinski definition) is 4. The highest BCUT2D eigenvalue weighted by atomic mass is 32.2. The van der Waals surface area contributed by atoms with Gasteiger partial charge in [0.25, 0.3) is 11.8 Å². The molecule has 6 nitrogen and oxygen atoms in total. The third-order valence-corrected chi connectivity index (χ3v) is 8.70. The summed E-state index contributed by atoms with van der Waals surface area (Å²) in [6.45, 7) is 10.5. The molecule has 1 fully saturated rings. The second kappa shape index (κ2) is 9.99. The van der Waals surface area contributed by atoms with E-state index in [1.165, 1.54) is 0 Å². The number of carbonyl (C=O) groups is 2. The second-order valence-electron chi connectivity index (χ2n) is 9.50. The molecule has 0 spiro atoms. The van der Waals surface area contributed by atoms with Crippen molar-refractivity contribution in [1.82, 2.24) is 9.80 Å². The molecule has 186 valence electrons. The number of hydrogen-bond donors (Lipinski definition) is 0. The van der Waals surface area contributed by atoms with Crippen LogP contribution in [0.4, 0.5) is 5.69 Å². The molecule has 5 rings (SSSR count). The average molecular weight is 502 g/mol. The monoisotopic (exact) mass is 501 g/mol. The molecule has 7 heteroatoms. The maximum atomic E-state index is 13.9. The van der Waals surface area contributed by atoms with Gasteiger partial charge >= 0.3 is 0 Å². The first-order chi connectivity index (χ1) is 17.4. The van der Waals surface area contributed by atoms with Gasteiger partial charge in [-0.25, -0.2) is 4.21 Å². The van der Waals surface area contributed by atoms with E-state index in [9.17, 15) is 13.8 Å². The molecule has 3 aromatic rings. The van der Waals surface area contributed by atoms with Crippen LogP contribution in [-0.4, -0.2) is 58.5 Å². The zero-order valence-electron chi connectivity index (χ0n) is 21.0. The highest BCUT2D eigenvalue weighted by Gasteiger charge is 2.32. The van der Waals surface area contributed by atoms with E-state index < -0.39 is 10.8 Å². The fraction of sp³-hybridized carbons (Fsp3) is 0.310. The number of nitrogens with zero attached hydrogens (tertiary/aromatic N) is 3. The first kappa shape index (κ1) is 24.4. The molecule has 2 aliphatic rings. The molecule has 0 aliphatic carbocycles. The van der Waals surface area contributed by atoms with Gasteiger partial charge < -0.3 is 14.7 Å². The third kappa shape index (κ3) is 4.49. The quantitative estimate of drug-likeness (QED) is 0.532. The Bertz CT molecular complexity index is 1360. The zero-order valence-corrected chi connectivity index (χ0v) is 21.8. The van der Waals surface area contributed by atoms with Crippen molar-refractivity contribution in [3.05, 3.63) is 88.5 Å². The number of amides is 2. The van der Waals surface area contributed by atoms with Gasteiger partial charge in [0.2, 0.25) is 0 Å². The van der Waals surface area contributed by atoms with Crippen LogP contribution in [0.3, 0.4) is 0 Å². The number of anilines is 1. The van der Waals surface area contributed by atoms with Crippen LogP contribution in [0.25, 0.3) is 0 Å². The standard InChI is InChI=1S/C29H31N3O3S/c1-4-30-13-15-31(16-14-30)28(33)22-11-12-27-25(18-22)32(19-23-17-20(2)9-10-21(23)3)29(34)24-7-5-6-8-26(24)36(27)35/h5-12,17-18H,4,13-16,19H2,1-3H3/t36-/m1/s1. The van der Waals surface area contributed by atoms with Crippen molar-refractivity contribution in [2.75, 3.05) is 37.6 Å². The van der Waals surface area contributed by atoms with E-state index in [0.717, 1.165) is 36.3 Å². The summed E-state index contributed by atoms with van der Waals surface area (Å²) < 4.78 is 13.7. The second-order valence-corrected chi connectivity index (χ2v) is 10.9. The van der Waals surface area contributed by atoms with E-state index in [2.05, 4.69) is 30.0 Å². The highest BCUT2D eigenvalue weighted by Crippen LogP contribution is 2.36. The van der Waals surface area contributed by atoms with Crippen LogP contribution in [-0.2, 0) is 17.3 Å². The molecule has 0 bridgehead atoms. The summed E-state index contributed by atoms with van der Waals surface area (Å²) in [6, 6.07) is 18.5. The zero-order chi connectivity index (χ0) is 25.4. The molecule has 0 saturated carbocycles. The van der Waals surface area contributed by atoms with E-state index in [0.29, 0.717) is 46.2 Å². The minimum Gasteiger partial charge on any atom is -0.336 e. The fourth-order valence-electron chi connectivity index (χ4n) is 4.94. The summed E-state index contributed by atoms with van der Waals surface area (Å²) in [4.78, 5) is 34.3. The average Bonchev–Trinajstić information content (AvgIpc) is 2.99. The predicted molar refractivity (Wildman–Crippen MR) is 142 cm³/mol. The van der Waals surface area contributed by atoms with Crippen molar-refractivity contribution in [3.8, 4) is 0 Å². The molecule has 0 aromatic heterocycles. The van der Waals surface area contributed by atoms with Gasteiger partial charge in [-0.1, -0.05) is 42.8 Å². The Kier molecular flexibility index (Phi) is 6.77. The fourth-order valence-corrected chi connectivity index (χ4v) is 6.29. The van der Waals surface area contributed by atoms with Gasteiger partial charge in [-0.15, -0.1) is 0 Å². The van der Waals surface area contributed by atoms with Gasteiger partial charge in [0.1, 0.15) is 0 Å². The molecule has 0 radical (unpaired) electrons. The van der Waals surface area contributed by atoms with Gasteiger partial charge in [0.05, 0.1) is 38.4 Å². The van der Waals surface area contributed by atoms with Crippen LogP contribution in [0.2, 0.25) is 0 Å². The number of fused-ring (bicyclic) bond motifs is 2. The number of likely N-dealkylation sites (N-methyl/N-ethyl adjacent to an activating group) is 1. The van der Waals surface area contributed by atoms with Gasteiger partial charge in [0.15, 0.2) is 0 Å². The minimum atomic E-state index is -1.54. The molecule has 0 unspecified atom stereocenters. The topological polar surface area (TPSA) is 60.9 Å². The lowest BCUT2D eigenvalue weighted by atomic mass is 10.0. The molecule has 1 saturated heterocycles. The number of rotatable bonds is 4. The lowest BCUT2D eigenvalue weighted by molar-refractivity contribution is 0.0643. The first-order valence-corrected chi connectivity index (χ1v) is 13.6. The number of carbonyl (C=O) groups excluding carboxylic acids is 2. The lowest BCUT2D eigenvalue weighted by Gasteiger charge is -2.34. The van der Waals surface area contributed by atoms with E-state index in [1.807, 2.05) is 18.7 Å². The SMILES string of the molecule is CCN1CCN(C(=O)c2ccc3c(c2)N(Cc2cc(C)ccc2C)C(=O)c2ccccc2[S@]3=O)CC1. The lowest BCUT2D eigenvalue weighted by Crippen LogP contribution is -2.48.